The van der Waals surface area contributed by atoms with Crippen LogP contribution in [0.1, 0.15) is 19.4 Å². The Morgan fingerprint density at radius 3 is 2.47 bits per heavy atom. The van der Waals surface area contributed by atoms with Gasteiger partial charge in [-0.25, -0.2) is 0 Å². The number of ether oxygens (including phenoxy) is 2. The highest BCUT2D eigenvalue weighted by Gasteiger charge is 2.11. The number of halogens is 2. The molecule has 0 radical (unpaired) electrons. The molecule has 1 aromatic rings. The molecular formula is C14H18F2O3. The van der Waals surface area contributed by atoms with Gasteiger partial charge in [0, 0.05) is 0 Å². The van der Waals surface area contributed by atoms with Crippen LogP contribution in [0, 0.1) is 5.92 Å². The normalized spacial score (nSPS) is 12.1. The second-order valence-electron chi connectivity index (χ2n) is 4.32. The lowest BCUT2D eigenvalue weighted by atomic mass is 10.0. The Morgan fingerprint density at radius 2 is 2.00 bits per heavy atom. The van der Waals surface area contributed by atoms with E-state index in [4.69, 9.17) is 4.74 Å². The lowest BCUT2D eigenvalue weighted by Crippen LogP contribution is -2.03. The zero-order valence-corrected chi connectivity index (χ0v) is 11.2. The molecule has 0 heterocycles. The molecule has 106 valence electrons. The van der Waals surface area contributed by atoms with Crippen molar-refractivity contribution in [2.45, 2.75) is 20.5 Å². The number of rotatable bonds is 6. The van der Waals surface area contributed by atoms with Crippen LogP contribution in [0.2, 0.25) is 0 Å². The molecule has 0 saturated carbocycles. The van der Waals surface area contributed by atoms with Gasteiger partial charge in [0.25, 0.3) is 0 Å². The third kappa shape index (κ3) is 4.52. The molecule has 3 nitrogen and oxygen atoms in total. The van der Waals surface area contributed by atoms with Crippen LogP contribution in [0.25, 0.3) is 6.08 Å². The average molecular weight is 272 g/mol. The first-order chi connectivity index (χ1) is 8.97. The van der Waals surface area contributed by atoms with Crippen molar-refractivity contribution >= 4 is 6.08 Å². The molecule has 0 aliphatic carbocycles. The van der Waals surface area contributed by atoms with Gasteiger partial charge in [-0.15, -0.1) is 0 Å². The molecule has 0 saturated heterocycles. The van der Waals surface area contributed by atoms with Crippen LogP contribution in [0.4, 0.5) is 8.78 Å². The second kappa shape index (κ2) is 7.09. The van der Waals surface area contributed by atoms with Gasteiger partial charge in [0.1, 0.15) is 0 Å². The summed E-state index contributed by atoms with van der Waals surface area (Å²) in [6, 6.07) is 4.65. The predicted molar refractivity (Wildman–Crippen MR) is 69.5 cm³/mol. The second-order valence-corrected chi connectivity index (χ2v) is 4.32. The zero-order chi connectivity index (χ0) is 14.4. The predicted octanol–water partition coefficient (Wildman–Crippen LogP) is 3.33. The van der Waals surface area contributed by atoms with Crippen molar-refractivity contribution < 1.29 is 23.4 Å². The molecule has 19 heavy (non-hydrogen) atoms. The largest absolute Gasteiger partial charge is 0.493 e. The summed E-state index contributed by atoms with van der Waals surface area (Å²) in [5.41, 5.74) is 1.61. The average Bonchev–Trinajstić information content (AvgIpc) is 2.36. The Balaban J connectivity index is 3.06. The molecular weight excluding hydrogens is 254 g/mol. The highest BCUT2D eigenvalue weighted by Crippen LogP contribution is 2.30. The maximum atomic E-state index is 12.2. The van der Waals surface area contributed by atoms with Crippen molar-refractivity contribution in [1.82, 2.24) is 0 Å². The zero-order valence-electron chi connectivity index (χ0n) is 11.2. The fraction of sp³-hybridized carbons (Fsp3) is 0.429. The molecule has 1 aromatic carbocycles. The van der Waals surface area contributed by atoms with Crippen LogP contribution >= 0.6 is 0 Å². The standard InChI is InChI=1S/C14H18F2O3/c1-9(2)11(8-17)6-10-4-5-12(19-14(15)16)13(7-10)18-3/h4-7,9,14,17H,8H2,1-3H3. The van der Waals surface area contributed by atoms with Gasteiger partial charge in [0.2, 0.25) is 0 Å². The minimum atomic E-state index is -2.89. The van der Waals surface area contributed by atoms with Gasteiger partial charge in [-0.05, 0) is 29.2 Å². The molecule has 5 heteroatoms. The van der Waals surface area contributed by atoms with E-state index in [1.807, 2.05) is 13.8 Å². The van der Waals surface area contributed by atoms with E-state index in [9.17, 15) is 13.9 Å². The summed E-state index contributed by atoms with van der Waals surface area (Å²) < 4.78 is 33.7. The van der Waals surface area contributed by atoms with E-state index in [-0.39, 0.29) is 24.0 Å². The number of aliphatic hydroxyl groups excluding tert-OH is 1. The summed E-state index contributed by atoms with van der Waals surface area (Å²) in [6.07, 6.45) is 1.80. The van der Waals surface area contributed by atoms with Crippen molar-refractivity contribution in [3.05, 3.63) is 29.3 Å². The van der Waals surface area contributed by atoms with E-state index in [2.05, 4.69) is 4.74 Å². The van der Waals surface area contributed by atoms with Crippen molar-refractivity contribution in [2.24, 2.45) is 5.92 Å². The summed E-state index contributed by atoms with van der Waals surface area (Å²) in [5.74, 6) is 0.424. The first-order valence-electron chi connectivity index (χ1n) is 5.92. The van der Waals surface area contributed by atoms with Gasteiger partial charge in [0.05, 0.1) is 13.7 Å². The minimum absolute atomic E-state index is 0.00949. The quantitative estimate of drug-likeness (QED) is 0.863. The molecule has 0 amide bonds. The number of alkyl halides is 2. The van der Waals surface area contributed by atoms with E-state index in [1.54, 1.807) is 18.2 Å². The summed E-state index contributed by atoms with van der Waals surface area (Å²) in [6.45, 7) is 0.995. The van der Waals surface area contributed by atoms with Crippen LogP contribution in [-0.2, 0) is 0 Å². The van der Waals surface area contributed by atoms with Gasteiger partial charge in [-0.2, -0.15) is 8.78 Å². The van der Waals surface area contributed by atoms with E-state index in [0.29, 0.717) is 0 Å². The van der Waals surface area contributed by atoms with Gasteiger partial charge in [0.15, 0.2) is 11.5 Å². The van der Waals surface area contributed by atoms with Gasteiger partial charge < -0.3 is 14.6 Å². The number of aliphatic hydroxyl groups is 1. The SMILES string of the molecule is COc1cc(C=C(CO)C(C)C)ccc1OC(F)F. The van der Waals surface area contributed by atoms with Crippen LogP contribution in [0.5, 0.6) is 11.5 Å². The minimum Gasteiger partial charge on any atom is -0.493 e. The highest BCUT2D eigenvalue weighted by molar-refractivity contribution is 5.58. The van der Waals surface area contributed by atoms with Gasteiger partial charge >= 0.3 is 6.61 Å². The first-order valence-corrected chi connectivity index (χ1v) is 5.92. The summed E-state index contributed by atoms with van der Waals surface area (Å²) in [7, 11) is 1.39. The smallest absolute Gasteiger partial charge is 0.387 e. The maximum absolute atomic E-state index is 12.2. The third-order valence-corrected chi connectivity index (χ3v) is 2.68. The number of methoxy groups -OCH3 is 1. The van der Waals surface area contributed by atoms with E-state index in [0.717, 1.165) is 11.1 Å². The topological polar surface area (TPSA) is 38.7 Å². The molecule has 0 unspecified atom stereocenters. The van der Waals surface area contributed by atoms with Crippen LogP contribution in [0.3, 0.4) is 0 Å². The van der Waals surface area contributed by atoms with Crippen LogP contribution in [-0.4, -0.2) is 25.4 Å². The van der Waals surface area contributed by atoms with E-state index < -0.39 is 6.61 Å². The Labute approximate surface area is 111 Å². The third-order valence-electron chi connectivity index (χ3n) is 2.68. The number of hydrogen-bond donors (Lipinski definition) is 1. The lowest BCUT2D eigenvalue weighted by Gasteiger charge is -2.12. The summed E-state index contributed by atoms with van der Waals surface area (Å²) in [4.78, 5) is 0. The number of benzene rings is 1. The molecule has 0 fully saturated rings. The molecule has 0 spiro atoms. The molecule has 1 rings (SSSR count). The molecule has 0 bridgehead atoms. The molecule has 0 atom stereocenters. The molecule has 1 N–H and O–H groups in total. The molecule has 0 aliphatic heterocycles. The first kappa shape index (κ1) is 15.4. The molecule has 0 aliphatic rings. The van der Waals surface area contributed by atoms with Crippen LogP contribution < -0.4 is 9.47 Å². The van der Waals surface area contributed by atoms with Crippen molar-refractivity contribution in [1.29, 1.82) is 0 Å². The molecule has 0 aromatic heterocycles. The fourth-order valence-corrected chi connectivity index (χ4v) is 1.58. The summed E-state index contributed by atoms with van der Waals surface area (Å²) >= 11 is 0. The summed E-state index contributed by atoms with van der Waals surface area (Å²) in [5, 5.41) is 9.23. The van der Waals surface area contributed by atoms with E-state index in [1.165, 1.54) is 13.2 Å². The van der Waals surface area contributed by atoms with Crippen molar-refractivity contribution in [3.63, 3.8) is 0 Å². The maximum Gasteiger partial charge on any atom is 0.387 e. The Morgan fingerprint density at radius 1 is 1.32 bits per heavy atom. The fourth-order valence-electron chi connectivity index (χ4n) is 1.58. The lowest BCUT2D eigenvalue weighted by molar-refractivity contribution is -0.0512. The van der Waals surface area contributed by atoms with Crippen molar-refractivity contribution in [3.8, 4) is 11.5 Å². The Kier molecular flexibility index (Phi) is 5.76. The Bertz CT molecular complexity index is 442. The van der Waals surface area contributed by atoms with Crippen LogP contribution in [0.15, 0.2) is 23.8 Å². The number of hydrogen-bond acceptors (Lipinski definition) is 3. The van der Waals surface area contributed by atoms with Gasteiger partial charge in [-0.1, -0.05) is 26.0 Å². The Hall–Kier alpha value is -1.62. The monoisotopic (exact) mass is 272 g/mol. The van der Waals surface area contributed by atoms with Gasteiger partial charge in [-0.3, -0.25) is 0 Å². The highest BCUT2D eigenvalue weighted by atomic mass is 19.3. The van der Waals surface area contributed by atoms with Crippen molar-refractivity contribution in [2.75, 3.05) is 13.7 Å². The van der Waals surface area contributed by atoms with E-state index >= 15 is 0 Å².